The van der Waals surface area contributed by atoms with Crippen molar-refractivity contribution in [2.24, 2.45) is 35.0 Å². The van der Waals surface area contributed by atoms with Gasteiger partial charge in [0.05, 0.1) is 6.07 Å². The summed E-state index contributed by atoms with van der Waals surface area (Å²) >= 11 is 0. The first-order chi connectivity index (χ1) is 14.7. The Kier molecular flexibility index (Phi) is 10.1. The lowest BCUT2D eigenvalue weighted by Gasteiger charge is -2.48. The third kappa shape index (κ3) is 6.50. The van der Waals surface area contributed by atoms with Crippen LogP contribution in [0.4, 0.5) is 0 Å². The molecular formula is C29H51N. The Balaban J connectivity index is 1.39. The number of nitriles is 1. The fraction of sp³-hybridized carbons (Fsp3) is 0.966. The highest BCUT2D eigenvalue weighted by atomic mass is 14.5. The quantitative estimate of drug-likeness (QED) is 0.327. The van der Waals surface area contributed by atoms with E-state index in [1.807, 2.05) is 0 Å². The maximum atomic E-state index is 9.33. The molecule has 30 heavy (non-hydrogen) atoms. The van der Waals surface area contributed by atoms with Gasteiger partial charge in [-0.05, 0) is 99.7 Å². The fourth-order valence-corrected chi connectivity index (χ4v) is 7.87. The second-order valence-corrected chi connectivity index (χ2v) is 11.6. The first kappa shape index (κ1) is 24.1. The van der Waals surface area contributed by atoms with Crippen molar-refractivity contribution in [1.82, 2.24) is 0 Å². The molecule has 172 valence electrons. The number of hydrogen-bond donors (Lipinski definition) is 0. The summed E-state index contributed by atoms with van der Waals surface area (Å²) < 4.78 is 0. The molecule has 0 aromatic heterocycles. The Bertz CT molecular complexity index is 493. The minimum Gasteiger partial charge on any atom is -0.198 e. The molecular weight excluding hydrogens is 362 g/mol. The molecule has 0 aliphatic heterocycles. The molecule has 0 saturated heterocycles. The zero-order valence-electron chi connectivity index (χ0n) is 20.5. The summed E-state index contributed by atoms with van der Waals surface area (Å²) in [5.41, 5.74) is 0.600. The summed E-state index contributed by atoms with van der Waals surface area (Å²) in [7, 11) is 0. The Morgan fingerprint density at radius 2 is 1.30 bits per heavy atom. The summed E-state index contributed by atoms with van der Waals surface area (Å²) in [5.74, 6) is 4.47. The summed E-state index contributed by atoms with van der Waals surface area (Å²) in [6.07, 6.45) is 28.8. The van der Waals surface area contributed by atoms with E-state index in [-0.39, 0.29) is 0 Å². The van der Waals surface area contributed by atoms with Crippen LogP contribution in [0.2, 0.25) is 0 Å². The van der Waals surface area contributed by atoms with Crippen molar-refractivity contribution in [2.45, 2.75) is 142 Å². The smallest absolute Gasteiger partial charge is 0.0655 e. The van der Waals surface area contributed by atoms with Crippen LogP contribution in [0.1, 0.15) is 142 Å². The molecule has 0 atom stereocenters. The molecule has 3 aliphatic carbocycles. The van der Waals surface area contributed by atoms with E-state index in [4.69, 9.17) is 0 Å². The molecule has 3 fully saturated rings. The zero-order valence-corrected chi connectivity index (χ0v) is 20.5. The number of nitrogens with zero attached hydrogens (tertiary/aromatic N) is 1. The van der Waals surface area contributed by atoms with Crippen LogP contribution >= 0.6 is 0 Å². The van der Waals surface area contributed by atoms with Crippen LogP contribution in [0.15, 0.2) is 0 Å². The largest absolute Gasteiger partial charge is 0.198 e. The van der Waals surface area contributed by atoms with E-state index in [9.17, 15) is 5.26 Å². The van der Waals surface area contributed by atoms with E-state index in [1.165, 1.54) is 116 Å². The standard InChI is InChI=1S/C29H51N/c1-3-5-6-7-8-9-24-10-12-26(13-11-24)27-14-16-28(17-15-27)29(20-4-2)21-18-25(23-30)19-22-29/h24-28H,3-22H2,1-2H3. The zero-order chi connectivity index (χ0) is 21.2. The predicted molar refractivity (Wildman–Crippen MR) is 129 cm³/mol. The molecule has 0 spiro atoms. The third-order valence-corrected chi connectivity index (χ3v) is 9.82. The average Bonchev–Trinajstić information content (AvgIpc) is 2.80. The number of unbranched alkanes of at least 4 members (excludes halogenated alkanes) is 4. The summed E-state index contributed by atoms with van der Waals surface area (Å²) in [4.78, 5) is 0. The lowest BCUT2D eigenvalue weighted by atomic mass is 9.56. The van der Waals surface area contributed by atoms with Crippen LogP contribution in [0, 0.1) is 46.3 Å². The van der Waals surface area contributed by atoms with Gasteiger partial charge in [0.15, 0.2) is 0 Å². The summed E-state index contributed by atoms with van der Waals surface area (Å²) in [5, 5.41) is 9.33. The second kappa shape index (κ2) is 12.5. The maximum absolute atomic E-state index is 9.33. The van der Waals surface area contributed by atoms with Crippen molar-refractivity contribution < 1.29 is 0 Å². The van der Waals surface area contributed by atoms with Gasteiger partial charge in [0, 0.05) is 5.92 Å². The molecule has 3 saturated carbocycles. The third-order valence-electron chi connectivity index (χ3n) is 9.82. The molecule has 1 nitrogen and oxygen atoms in total. The molecule has 0 aromatic rings. The van der Waals surface area contributed by atoms with Gasteiger partial charge in [0.25, 0.3) is 0 Å². The van der Waals surface area contributed by atoms with Gasteiger partial charge in [-0.25, -0.2) is 0 Å². The molecule has 0 unspecified atom stereocenters. The van der Waals surface area contributed by atoms with Crippen LogP contribution in [0.3, 0.4) is 0 Å². The van der Waals surface area contributed by atoms with E-state index >= 15 is 0 Å². The number of hydrogen-bond acceptors (Lipinski definition) is 1. The SMILES string of the molecule is CCCCCCCC1CCC(C2CCC(C3(CCC)CCC(C#N)CC3)CC2)CC1. The van der Waals surface area contributed by atoms with Gasteiger partial charge in [0.1, 0.15) is 0 Å². The maximum Gasteiger partial charge on any atom is 0.0655 e. The monoisotopic (exact) mass is 413 g/mol. The van der Waals surface area contributed by atoms with E-state index in [0.29, 0.717) is 11.3 Å². The lowest BCUT2D eigenvalue weighted by Crippen LogP contribution is -2.38. The molecule has 0 aromatic carbocycles. The van der Waals surface area contributed by atoms with Crippen LogP contribution in [0.25, 0.3) is 0 Å². The highest BCUT2D eigenvalue weighted by Gasteiger charge is 2.43. The van der Waals surface area contributed by atoms with Gasteiger partial charge in [0.2, 0.25) is 0 Å². The predicted octanol–water partition coefficient (Wildman–Crippen LogP) is 9.46. The van der Waals surface area contributed by atoms with Crippen LogP contribution in [-0.4, -0.2) is 0 Å². The highest BCUT2D eigenvalue weighted by molar-refractivity contribution is 4.97. The van der Waals surface area contributed by atoms with Crippen molar-refractivity contribution in [1.29, 1.82) is 5.26 Å². The molecule has 3 aliphatic rings. The van der Waals surface area contributed by atoms with Crippen molar-refractivity contribution in [3.63, 3.8) is 0 Å². The minimum atomic E-state index is 0.355. The average molecular weight is 414 g/mol. The molecule has 0 heterocycles. The van der Waals surface area contributed by atoms with Gasteiger partial charge in [-0.15, -0.1) is 0 Å². The van der Waals surface area contributed by atoms with E-state index in [1.54, 1.807) is 12.8 Å². The minimum absolute atomic E-state index is 0.355. The molecule has 0 amide bonds. The second-order valence-electron chi connectivity index (χ2n) is 11.6. The van der Waals surface area contributed by atoms with Gasteiger partial charge in [-0.3, -0.25) is 0 Å². The molecule has 3 rings (SSSR count). The first-order valence-corrected chi connectivity index (χ1v) is 14.1. The van der Waals surface area contributed by atoms with Crippen LogP contribution in [0.5, 0.6) is 0 Å². The van der Waals surface area contributed by atoms with Crippen LogP contribution in [-0.2, 0) is 0 Å². The topological polar surface area (TPSA) is 23.8 Å². The Labute approximate surface area is 188 Å². The van der Waals surface area contributed by atoms with Crippen molar-refractivity contribution in [2.75, 3.05) is 0 Å². The van der Waals surface area contributed by atoms with Crippen molar-refractivity contribution in [3.05, 3.63) is 0 Å². The van der Waals surface area contributed by atoms with Crippen molar-refractivity contribution in [3.8, 4) is 6.07 Å². The normalized spacial score (nSPS) is 37.6. The summed E-state index contributed by atoms with van der Waals surface area (Å²) in [6, 6.07) is 2.56. The Morgan fingerprint density at radius 1 is 0.700 bits per heavy atom. The van der Waals surface area contributed by atoms with E-state index in [0.717, 1.165) is 23.7 Å². The summed E-state index contributed by atoms with van der Waals surface area (Å²) in [6.45, 7) is 4.70. The molecule has 0 N–H and O–H groups in total. The van der Waals surface area contributed by atoms with E-state index in [2.05, 4.69) is 19.9 Å². The lowest BCUT2D eigenvalue weighted by molar-refractivity contribution is 0.0244. The van der Waals surface area contributed by atoms with Gasteiger partial charge in [-0.2, -0.15) is 5.26 Å². The first-order valence-electron chi connectivity index (χ1n) is 14.1. The molecule has 0 bridgehead atoms. The van der Waals surface area contributed by atoms with Crippen LogP contribution < -0.4 is 0 Å². The molecule has 0 radical (unpaired) electrons. The highest BCUT2D eigenvalue weighted by Crippen LogP contribution is 2.54. The Morgan fingerprint density at radius 3 is 1.87 bits per heavy atom. The van der Waals surface area contributed by atoms with Gasteiger partial charge in [-0.1, -0.05) is 71.6 Å². The van der Waals surface area contributed by atoms with Gasteiger partial charge >= 0.3 is 0 Å². The molecule has 1 heteroatoms. The van der Waals surface area contributed by atoms with Gasteiger partial charge < -0.3 is 0 Å². The van der Waals surface area contributed by atoms with E-state index < -0.39 is 0 Å². The fourth-order valence-electron chi connectivity index (χ4n) is 7.87. The van der Waals surface area contributed by atoms with Crippen molar-refractivity contribution >= 4 is 0 Å². The number of rotatable bonds is 10. The Hall–Kier alpha value is -0.510.